The van der Waals surface area contributed by atoms with Gasteiger partial charge in [-0.1, -0.05) is 0 Å². The van der Waals surface area contributed by atoms with Gasteiger partial charge in [0.1, 0.15) is 5.56 Å². The fraction of sp³-hybridized carbons (Fsp3) is 0.375. The van der Waals surface area contributed by atoms with Crippen molar-refractivity contribution in [2.24, 2.45) is 0 Å². The molecule has 0 radical (unpaired) electrons. The number of H-pyrrole nitrogens is 1. The lowest BCUT2D eigenvalue weighted by Crippen LogP contribution is -2.40. The third kappa shape index (κ3) is 3.17. The minimum atomic E-state index is -3.59. The number of Topliss-reactive ketones (excluding diaryl/α,β-unsaturated/α-hetero) is 1. The van der Waals surface area contributed by atoms with Crippen LogP contribution in [-0.4, -0.2) is 54.6 Å². The first-order valence-electron chi connectivity index (χ1n) is 7.83. The summed E-state index contributed by atoms with van der Waals surface area (Å²) in [5, 5.41) is 2.84. The van der Waals surface area contributed by atoms with Crippen molar-refractivity contribution in [3.63, 3.8) is 0 Å². The number of aromatic amines is 1. The molecule has 0 amide bonds. The molecule has 0 saturated carbocycles. The molecule has 0 aliphatic carbocycles. The quantitative estimate of drug-likeness (QED) is 0.804. The largest absolute Gasteiger partial charge is 0.379 e. The second kappa shape index (κ2) is 6.58. The maximum Gasteiger partial charge on any atom is 0.282 e. The van der Waals surface area contributed by atoms with E-state index >= 15 is 0 Å². The number of ether oxygens (including phenoxy) is 1. The second-order valence-electron chi connectivity index (χ2n) is 5.82. The topological polar surface area (TPSA) is 101 Å². The summed E-state index contributed by atoms with van der Waals surface area (Å²) in [7, 11) is -3.59. The molecule has 0 bridgehead atoms. The van der Waals surface area contributed by atoms with E-state index in [1.807, 2.05) is 0 Å². The first-order valence-corrected chi connectivity index (χ1v) is 9.27. The Kier molecular flexibility index (Phi) is 4.63. The number of aryl methyl sites for hydroxylation is 1. The zero-order chi connectivity index (χ0) is 18.2. The lowest BCUT2D eigenvalue weighted by atomic mass is 10.2. The minimum Gasteiger partial charge on any atom is -0.379 e. The summed E-state index contributed by atoms with van der Waals surface area (Å²) in [5.41, 5.74) is 0.586. The maximum atomic E-state index is 12.6. The SMILES string of the molecule is CC(=O)c1c(C)[nH]n(-c2ccc(S(=O)(=O)N3CCOCC3)cc2)c1=O. The maximum absolute atomic E-state index is 12.6. The number of morpholine rings is 1. The van der Waals surface area contributed by atoms with Gasteiger partial charge in [0.05, 0.1) is 23.8 Å². The summed E-state index contributed by atoms with van der Waals surface area (Å²) < 4.78 is 33.0. The van der Waals surface area contributed by atoms with Crippen molar-refractivity contribution in [2.45, 2.75) is 18.7 Å². The molecule has 1 aliphatic rings. The van der Waals surface area contributed by atoms with Crippen LogP contribution >= 0.6 is 0 Å². The van der Waals surface area contributed by atoms with Gasteiger partial charge in [-0.3, -0.25) is 14.7 Å². The fourth-order valence-electron chi connectivity index (χ4n) is 2.85. The number of aromatic nitrogens is 2. The van der Waals surface area contributed by atoms with Gasteiger partial charge in [-0.2, -0.15) is 4.31 Å². The molecular weight excluding hydrogens is 346 g/mol. The summed E-state index contributed by atoms with van der Waals surface area (Å²) in [6.45, 7) is 4.37. The molecule has 8 nitrogen and oxygen atoms in total. The first-order chi connectivity index (χ1) is 11.8. The summed E-state index contributed by atoms with van der Waals surface area (Å²) in [6, 6.07) is 5.98. The van der Waals surface area contributed by atoms with Crippen LogP contribution in [0.15, 0.2) is 34.0 Å². The lowest BCUT2D eigenvalue weighted by Gasteiger charge is -2.26. The molecule has 1 N–H and O–H groups in total. The number of sulfonamides is 1. The van der Waals surface area contributed by atoms with Crippen LogP contribution in [0, 0.1) is 6.92 Å². The Morgan fingerprint density at radius 3 is 2.28 bits per heavy atom. The van der Waals surface area contributed by atoms with E-state index < -0.39 is 15.6 Å². The highest BCUT2D eigenvalue weighted by atomic mass is 32.2. The van der Waals surface area contributed by atoms with Crippen molar-refractivity contribution in [2.75, 3.05) is 26.3 Å². The van der Waals surface area contributed by atoms with E-state index in [0.29, 0.717) is 37.7 Å². The molecule has 0 spiro atoms. The van der Waals surface area contributed by atoms with E-state index in [1.165, 1.54) is 40.2 Å². The molecule has 1 aliphatic heterocycles. The summed E-state index contributed by atoms with van der Waals surface area (Å²) in [5.74, 6) is -0.316. The number of hydrogen-bond donors (Lipinski definition) is 1. The van der Waals surface area contributed by atoms with Crippen molar-refractivity contribution in [1.82, 2.24) is 14.1 Å². The molecule has 3 rings (SSSR count). The van der Waals surface area contributed by atoms with Crippen LogP contribution in [0.3, 0.4) is 0 Å². The van der Waals surface area contributed by atoms with Crippen LogP contribution in [0.2, 0.25) is 0 Å². The number of rotatable bonds is 4. The summed E-state index contributed by atoms with van der Waals surface area (Å²) in [4.78, 5) is 24.0. The minimum absolute atomic E-state index is 0.102. The fourth-order valence-corrected chi connectivity index (χ4v) is 4.25. The number of carbonyl (C=O) groups excluding carboxylic acids is 1. The van der Waals surface area contributed by atoms with Crippen LogP contribution in [0.4, 0.5) is 0 Å². The number of hydrogen-bond acceptors (Lipinski definition) is 5. The first kappa shape index (κ1) is 17.6. The van der Waals surface area contributed by atoms with Gasteiger partial charge in [-0.15, -0.1) is 0 Å². The molecule has 2 heterocycles. The average Bonchev–Trinajstić information content (AvgIpc) is 2.90. The number of carbonyl (C=O) groups is 1. The number of nitrogens with zero attached hydrogens (tertiary/aromatic N) is 2. The van der Waals surface area contributed by atoms with Crippen molar-refractivity contribution in [1.29, 1.82) is 0 Å². The van der Waals surface area contributed by atoms with Gasteiger partial charge in [0.25, 0.3) is 5.56 Å². The van der Waals surface area contributed by atoms with Gasteiger partial charge in [0, 0.05) is 18.8 Å². The normalized spacial score (nSPS) is 16.1. The van der Waals surface area contributed by atoms with E-state index in [4.69, 9.17) is 4.74 Å². The average molecular weight is 365 g/mol. The Bertz CT molecular complexity index is 951. The third-order valence-electron chi connectivity index (χ3n) is 4.13. The van der Waals surface area contributed by atoms with Crippen LogP contribution in [0.25, 0.3) is 5.69 Å². The highest BCUT2D eigenvalue weighted by molar-refractivity contribution is 7.89. The van der Waals surface area contributed by atoms with Crippen LogP contribution in [0.5, 0.6) is 0 Å². The lowest BCUT2D eigenvalue weighted by molar-refractivity contribution is 0.0730. The molecule has 134 valence electrons. The molecule has 1 aromatic heterocycles. The molecule has 0 unspecified atom stereocenters. The summed E-state index contributed by atoms with van der Waals surface area (Å²) >= 11 is 0. The van der Waals surface area contributed by atoms with Crippen molar-refractivity contribution in [3.05, 3.63) is 45.9 Å². The van der Waals surface area contributed by atoms with Gasteiger partial charge in [-0.25, -0.2) is 13.1 Å². The van der Waals surface area contributed by atoms with Gasteiger partial charge in [-0.05, 0) is 38.1 Å². The Morgan fingerprint density at radius 2 is 1.76 bits per heavy atom. The predicted molar refractivity (Wildman–Crippen MR) is 90.7 cm³/mol. The van der Waals surface area contributed by atoms with E-state index in [-0.39, 0.29) is 16.2 Å². The van der Waals surface area contributed by atoms with Crippen molar-refractivity contribution in [3.8, 4) is 5.69 Å². The number of ketones is 1. The predicted octanol–water partition coefficient (Wildman–Crippen LogP) is 0.698. The zero-order valence-corrected chi connectivity index (χ0v) is 14.8. The smallest absolute Gasteiger partial charge is 0.282 e. The number of nitrogens with one attached hydrogen (secondary N) is 1. The van der Waals surface area contributed by atoms with E-state index in [9.17, 15) is 18.0 Å². The number of benzene rings is 1. The molecule has 9 heteroatoms. The second-order valence-corrected chi connectivity index (χ2v) is 7.76. The molecule has 1 saturated heterocycles. The highest BCUT2D eigenvalue weighted by Crippen LogP contribution is 2.19. The standard InChI is InChI=1S/C16H19N3O5S/c1-11-15(12(2)20)16(21)19(17-11)13-3-5-14(6-4-13)25(22,23)18-7-9-24-10-8-18/h3-6,17H,7-10H2,1-2H3. The monoisotopic (exact) mass is 365 g/mol. The summed E-state index contributed by atoms with van der Waals surface area (Å²) in [6.07, 6.45) is 0. The van der Waals surface area contributed by atoms with Gasteiger partial charge < -0.3 is 4.74 Å². The zero-order valence-electron chi connectivity index (χ0n) is 14.0. The Hall–Kier alpha value is -2.23. The van der Waals surface area contributed by atoms with E-state index in [0.717, 1.165) is 0 Å². The van der Waals surface area contributed by atoms with Crippen LogP contribution in [-0.2, 0) is 14.8 Å². The van der Waals surface area contributed by atoms with Crippen LogP contribution < -0.4 is 5.56 Å². The van der Waals surface area contributed by atoms with Crippen molar-refractivity contribution >= 4 is 15.8 Å². The van der Waals surface area contributed by atoms with Crippen molar-refractivity contribution < 1.29 is 17.9 Å². The van der Waals surface area contributed by atoms with Gasteiger partial charge in [0.15, 0.2) is 5.78 Å². The Labute approximate surface area is 145 Å². The highest BCUT2D eigenvalue weighted by Gasteiger charge is 2.26. The molecule has 0 atom stereocenters. The third-order valence-corrected chi connectivity index (χ3v) is 6.04. The van der Waals surface area contributed by atoms with E-state index in [1.54, 1.807) is 6.92 Å². The van der Waals surface area contributed by atoms with Gasteiger partial charge in [0.2, 0.25) is 10.0 Å². The molecular formula is C16H19N3O5S. The molecule has 25 heavy (non-hydrogen) atoms. The Balaban J connectivity index is 1.94. The van der Waals surface area contributed by atoms with Crippen LogP contribution in [0.1, 0.15) is 23.0 Å². The van der Waals surface area contributed by atoms with Gasteiger partial charge >= 0.3 is 0 Å². The Morgan fingerprint density at radius 1 is 1.16 bits per heavy atom. The molecule has 2 aromatic rings. The van der Waals surface area contributed by atoms with E-state index in [2.05, 4.69) is 5.10 Å². The molecule has 1 fully saturated rings. The molecule has 1 aromatic carbocycles.